The maximum absolute atomic E-state index is 8.06. The minimum absolute atomic E-state index is 0. The molecule has 0 aliphatic heterocycles. The second-order valence-corrected chi connectivity index (χ2v) is 0. The van der Waals surface area contributed by atoms with Gasteiger partial charge in [-0.1, -0.05) is 0 Å². The van der Waals surface area contributed by atoms with E-state index in [1.54, 1.807) is 9.12 Å². The van der Waals surface area contributed by atoms with Crippen molar-refractivity contribution < 1.29 is 93.9 Å². The smallest absolute Gasteiger partial charge is 1.00 e. The minimum Gasteiger partial charge on any atom is -1.00 e. The standard InChI is InChI=1S/Fe.K.HOP.Zn.H/c;;1-2;;/h;;2H;;/q;+1;;;-1. The molecule has 0 radical (unpaired) electrons. The molecule has 0 rings (SSSR count). The van der Waals surface area contributed by atoms with Gasteiger partial charge in [0.1, 0.15) is 9.12 Å². The van der Waals surface area contributed by atoms with Crippen LogP contribution in [0.4, 0.5) is 0 Å². The van der Waals surface area contributed by atoms with Crippen LogP contribution in [0.25, 0.3) is 0 Å². The SMILES string of the molecule is O=P.[Fe].[H-].[K+].[Zn]. The molecule has 1 nitrogen and oxygen atoms in total. The van der Waals surface area contributed by atoms with Crippen LogP contribution in [-0.2, 0) is 41.1 Å². The second-order valence-electron chi connectivity index (χ2n) is 0. The third-order valence-corrected chi connectivity index (χ3v) is 0. The molecule has 0 fully saturated rings. The van der Waals surface area contributed by atoms with Crippen molar-refractivity contribution in [1.82, 2.24) is 0 Å². The van der Waals surface area contributed by atoms with Crippen molar-refractivity contribution in [2.45, 2.75) is 0 Å². The zero-order valence-electron chi connectivity index (χ0n) is 3.97. The fraction of sp³-hybridized carbons (Fsp3) is 0. The Bertz CT molecular complexity index is 15.5. The summed E-state index contributed by atoms with van der Waals surface area (Å²) in [6.07, 6.45) is 0. The first-order valence-corrected chi connectivity index (χ1v) is 0.612. The van der Waals surface area contributed by atoms with E-state index in [-0.39, 0.29) is 89.4 Å². The summed E-state index contributed by atoms with van der Waals surface area (Å²) in [5.74, 6) is 0. The predicted molar refractivity (Wildman–Crippen MR) is 10.1 cm³/mol. The summed E-state index contributed by atoms with van der Waals surface area (Å²) in [5, 5.41) is 0. The molecule has 0 N–H and O–H groups in total. The van der Waals surface area contributed by atoms with Crippen molar-refractivity contribution in [3.63, 3.8) is 0 Å². The van der Waals surface area contributed by atoms with Crippen LogP contribution in [0.2, 0.25) is 0 Å². The van der Waals surface area contributed by atoms with Gasteiger partial charge in [-0.2, -0.15) is 0 Å². The Labute approximate surface area is 101 Å². The largest absolute Gasteiger partial charge is 1.00 e. The zero-order valence-corrected chi connectivity index (χ0v) is 11.2. The molecule has 5 heavy (non-hydrogen) atoms. The van der Waals surface area contributed by atoms with Gasteiger partial charge < -0.3 is 1.43 Å². The molecular formula is H2FeKOPZn. The molecule has 0 atom stereocenters. The predicted octanol–water partition coefficient (Wildman–Crippen LogP) is -2.41. The van der Waals surface area contributed by atoms with E-state index in [1.165, 1.54) is 0 Å². The Hall–Kier alpha value is 2.88. The fourth-order valence-corrected chi connectivity index (χ4v) is 0. The Morgan fingerprint density at radius 2 is 1.40 bits per heavy atom. The molecule has 0 saturated heterocycles. The average Bonchev–Trinajstić information content (AvgIpc) is 1.00. The van der Waals surface area contributed by atoms with E-state index < -0.39 is 0 Å². The van der Waals surface area contributed by atoms with Gasteiger partial charge in [-0.3, -0.25) is 4.57 Å². The van der Waals surface area contributed by atoms with Gasteiger partial charge in [0.25, 0.3) is 0 Å². The van der Waals surface area contributed by atoms with Crippen LogP contribution < -0.4 is 51.4 Å². The van der Waals surface area contributed by atoms with E-state index in [9.17, 15) is 0 Å². The van der Waals surface area contributed by atoms with Crippen LogP contribution in [0.1, 0.15) is 1.43 Å². The van der Waals surface area contributed by atoms with Gasteiger partial charge in [0.15, 0.2) is 0 Å². The van der Waals surface area contributed by atoms with Crippen LogP contribution in [0.5, 0.6) is 0 Å². The molecule has 0 aliphatic carbocycles. The molecule has 0 aromatic rings. The van der Waals surface area contributed by atoms with Gasteiger partial charge in [0.2, 0.25) is 0 Å². The summed E-state index contributed by atoms with van der Waals surface area (Å²) in [5.41, 5.74) is 0. The van der Waals surface area contributed by atoms with Gasteiger partial charge in [-0.05, 0) is 0 Å². The molecule has 24 valence electrons. The van der Waals surface area contributed by atoms with E-state index in [2.05, 4.69) is 0 Å². The molecule has 0 aromatic heterocycles. The van der Waals surface area contributed by atoms with Crippen LogP contribution in [0.3, 0.4) is 0 Å². The summed E-state index contributed by atoms with van der Waals surface area (Å²) in [7, 11) is 1.72. The fourth-order valence-electron chi connectivity index (χ4n) is 0. The Kier molecular flexibility index (Phi) is 142. The zero-order chi connectivity index (χ0) is 2.00. The topological polar surface area (TPSA) is 17.1 Å². The van der Waals surface area contributed by atoms with Gasteiger partial charge in [0.05, 0.1) is 0 Å². The summed E-state index contributed by atoms with van der Waals surface area (Å²) < 4.78 is 8.06. The number of rotatable bonds is 0. The van der Waals surface area contributed by atoms with Crippen LogP contribution in [-0.4, -0.2) is 0 Å². The molecule has 0 unspecified atom stereocenters. The molecule has 0 saturated carbocycles. The number of hydrogen-bond donors (Lipinski definition) is 0. The van der Waals surface area contributed by atoms with E-state index in [0.717, 1.165) is 0 Å². The van der Waals surface area contributed by atoms with Gasteiger partial charge in [0, 0.05) is 36.5 Å². The first-order valence-electron chi connectivity index (χ1n) is 0.204. The van der Waals surface area contributed by atoms with Crippen molar-refractivity contribution in [1.29, 1.82) is 0 Å². The summed E-state index contributed by atoms with van der Waals surface area (Å²) in [6, 6.07) is 0. The van der Waals surface area contributed by atoms with Gasteiger partial charge in [-0.25, -0.2) is 0 Å². The van der Waals surface area contributed by atoms with Gasteiger partial charge >= 0.3 is 51.4 Å². The van der Waals surface area contributed by atoms with E-state index in [0.29, 0.717) is 0 Å². The van der Waals surface area contributed by atoms with Crippen molar-refractivity contribution in [3.05, 3.63) is 0 Å². The second kappa shape index (κ2) is 28.7. The first kappa shape index (κ1) is 24.8. The first-order chi connectivity index (χ1) is 1.00. The molecule has 0 aromatic carbocycles. The Morgan fingerprint density at radius 1 is 1.40 bits per heavy atom. The van der Waals surface area contributed by atoms with Crippen LogP contribution >= 0.6 is 9.12 Å². The monoisotopic (exact) mass is 208 g/mol. The average molecular weight is 209 g/mol. The molecule has 0 spiro atoms. The Morgan fingerprint density at radius 3 is 1.40 bits per heavy atom. The van der Waals surface area contributed by atoms with E-state index >= 15 is 0 Å². The van der Waals surface area contributed by atoms with Crippen LogP contribution in [0.15, 0.2) is 0 Å². The van der Waals surface area contributed by atoms with Crippen molar-refractivity contribution in [3.8, 4) is 0 Å². The molecule has 0 amide bonds. The third kappa shape index (κ3) is 19.8. The summed E-state index contributed by atoms with van der Waals surface area (Å²) in [4.78, 5) is 0. The van der Waals surface area contributed by atoms with Gasteiger partial charge in [-0.15, -0.1) is 0 Å². The van der Waals surface area contributed by atoms with E-state index in [4.69, 9.17) is 4.57 Å². The van der Waals surface area contributed by atoms with Crippen molar-refractivity contribution in [2.24, 2.45) is 0 Å². The maximum atomic E-state index is 8.06. The summed E-state index contributed by atoms with van der Waals surface area (Å²) in [6.45, 7) is 0. The normalized spacial score (nSPS) is 0.800. The van der Waals surface area contributed by atoms with Crippen LogP contribution in [0, 0.1) is 0 Å². The Balaban J connectivity index is -0.000000000833. The molecule has 0 heterocycles. The third-order valence-electron chi connectivity index (χ3n) is 0. The minimum atomic E-state index is 0. The quantitative estimate of drug-likeness (QED) is 0.321. The molecule has 5 heteroatoms. The van der Waals surface area contributed by atoms with Crippen molar-refractivity contribution in [2.75, 3.05) is 0 Å². The molecule has 0 bridgehead atoms. The number of hydrogen-bond acceptors (Lipinski definition) is 1. The van der Waals surface area contributed by atoms with E-state index in [1.807, 2.05) is 0 Å². The van der Waals surface area contributed by atoms with Crippen molar-refractivity contribution >= 4 is 9.12 Å². The molecule has 0 aliphatic rings. The molecular weight excluding hydrogens is 207 g/mol. The summed E-state index contributed by atoms with van der Waals surface area (Å²) >= 11 is 0. The maximum Gasteiger partial charge on any atom is 1.00 e.